The molecule has 1 aromatic carbocycles. The smallest absolute Gasteiger partial charge is 0.0717 e. The number of halogens is 2. The summed E-state index contributed by atoms with van der Waals surface area (Å²) in [6, 6.07) is 10.3. The van der Waals surface area contributed by atoms with Crippen LogP contribution in [0.2, 0.25) is 0 Å². The summed E-state index contributed by atoms with van der Waals surface area (Å²) >= 11 is 7.35. The lowest BCUT2D eigenvalue weighted by atomic mass is 9.75. The average Bonchev–Trinajstić information content (AvgIpc) is 2.33. The summed E-state index contributed by atoms with van der Waals surface area (Å²) in [4.78, 5) is 0. The number of alkyl halides is 2. The fraction of sp³-hybridized carbons (Fsp3) is 0.538. The van der Waals surface area contributed by atoms with Crippen molar-refractivity contribution in [3.05, 3.63) is 35.9 Å². The van der Waals surface area contributed by atoms with Crippen LogP contribution in [-0.4, -0.2) is 16.3 Å². The van der Waals surface area contributed by atoms with Crippen LogP contribution in [0.4, 0.5) is 0 Å². The van der Waals surface area contributed by atoms with E-state index in [9.17, 15) is 0 Å². The highest BCUT2D eigenvalue weighted by Crippen LogP contribution is 2.47. The molecular weight excluding hydrogens is 332 g/mol. The molecule has 1 nitrogen and oxygen atoms in total. The molecule has 0 aliphatic heterocycles. The first kappa shape index (κ1) is 12.6. The molecule has 0 saturated heterocycles. The highest BCUT2D eigenvalue weighted by Gasteiger charge is 2.43. The van der Waals surface area contributed by atoms with Crippen LogP contribution >= 0.6 is 31.9 Å². The van der Waals surface area contributed by atoms with E-state index in [-0.39, 0.29) is 4.32 Å². The predicted molar refractivity (Wildman–Crippen MR) is 74.3 cm³/mol. The van der Waals surface area contributed by atoms with Gasteiger partial charge in [0.1, 0.15) is 0 Å². The van der Waals surface area contributed by atoms with Gasteiger partial charge in [-0.15, -0.1) is 0 Å². The number of hydrogen-bond acceptors (Lipinski definition) is 1. The molecule has 1 aliphatic carbocycles. The molecular formula is C13H16Br2O. The van der Waals surface area contributed by atoms with Crippen LogP contribution in [0.3, 0.4) is 0 Å². The predicted octanol–water partition coefficient (Wildman–Crippen LogP) is 4.14. The minimum absolute atomic E-state index is 0.281. The van der Waals surface area contributed by atoms with Gasteiger partial charge in [0.25, 0.3) is 0 Å². The van der Waals surface area contributed by atoms with Gasteiger partial charge < -0.3 is 4.74 Å². The maximum atomic E-state index is 5.77. The Morgan fingerprint density at radius 1 is 1.31 bits per heavy atom. The lowest BCUT2D eigenvalue weighted by Crippen LogP contribution is -2.45. The maximum Gasteiger partial charge on any atom is 0.0717 e. The van der Waals surface area contributed by atoms with Gasteiger partial charge in [-0.2, -0.15) is 0 Å². The van der Waals surface area contributed by atoms with Crippen molar-refractivity contribution in [3.8, 4) is 0 Å². The summed E-state index contributed by atoms with van der Waals surface area (Å²) in [6.45, 7) is 1.58. The zero-order chi connectivity index (χ0) is 11.4. The second kappa shape index (κ2) is 5.65. The lowest BCUT2D eigenvalue weighted by molar-refractivity contribution is 0.0454. The highest BCUT2D eigenvalue weighted by molar-refractivity contribution is 9.12. The molecule has 1 aliphatic rings. The van der Waals surface area contributed by atoms with Gasteiger partial charge >= 0.3 is 0 Å². The Bertz CT molecular complexity index is 324. The first-order valence-corrected chi connectivity index (χ1v) is 7.52. The molecule has 0 heterocycles. The molecule has 2 unspecified atom stereocenters. The largest absolute Gasteiger partial charge is 0.376 e. The van der Waals surface area contributed by atoms with Gasteiger partial charge in [-0.05, 0) is 24.3 Å². The van der Waals surface area contributed by atoms with Gasteiger partial charge in [0, 0.05) is 9.65 Å². The standard InChI is InChI=1S/C13H16Br2O/c14-10-13(15)7-6-12(13)9-16-8-11-4-2-1-3-5-11/h1-5,12H,6-10H2. The maximum absolute atomic E-state index is 5.77. The monoisotopic (exact) mass is 346 g/mol. The van der Waals surface area contributed by atoms with Crippen LogP contribution in [-0.2, 0) is 11.3 Å². The van der Waals surface area contributed by atoms with Crippen molar-refractivity contribution in [2.24, 2.45) is 5.92 Å². The number of hydrogen-bond donors (Lipinski definition) is 0. The molecule has 0 N–H and O–H groups in total. The van der Waals surface area contributed by atoms with E-state index in [2.05, 4.69) is 56.1 Å². The SMILES string of the molecule is BrCC1(Br)CCC1COCc1ccccc1. The summed E-state index contributed by atoms with van der Waals surface area (Å²) in [5.74, 6) is 0.649. The van der Waals surface area contributed by atoms with Crippen molar-refractivity contribution in [2.45, 2.75) is 23.8 Å². The second-order valence-electron chi connectivity index (χ2n) is 4.40. The van der Waals surface area contributed by atoms with E-state index in [1.54, 1.807) is 0 Å². The van der Waals surface area contributed by atoms with Gasteiger partial charge in [0.05, 0.1) is 13.2 Å². The normalized spacial score (nSPS) is 28.8. The molecule has 88 valence electrons. The topological polar surface area (TPSA) is 9.23 Å². The van der Waals surface area contributed by atoms with Gasteiger partial charge in [-0.1, -0.05) is 62.2 Å². The zero-order valence-electron chi connectivity index (χ0n) is 9.16. The molecule has 0 spiro atoms. The van der Waals surface area contributed by atoms with E-state index in [1.165, 1.54) is 18.4 Å². The van der Waals surface area contributed by atoms with Crippen molar-refractivity contribution in [2.75, 3.05) is 11.9 Å². The van der Waals surface area contributed by atoms with Crippen molar-refractivity contribution in [1.82, 2.24) is 0 Å². The fourth-order valence-electron chi connectivity index (χ4n) is 1.96. The van der Waals surface area contributed by atoms with Crippen molar-refractivity contribution >= 4 is 31.9 Å². The summed E-state index contributed by atoms with van der Waals surface area (Å²) in [7, 11) is 0. The zero-order valence-corrected chi connectivity index (χ0v) is 12.3. The minimum atomic E-state index is 0.281. The highest BCUT2D eigenvalue weighted by atomic mass is 79.9. The third-order valence-corrected chi connectivity index (χ3v) is 6.37. The molecule has 0 aromatic heterocycles. The van der Waals surface area contributed by atoms with Crippen molar-refractivity contribution in [1.29, 1.82) is 0 Å². The van der Waals surface area contributed by atoms with Crippen molar-refractivity contribution < 1.29 is 4.74 Å². The summed E-state index contributed by atoms with van der Waals surface area (Å²) in [5.41, 5.74) is 1.25. The summed E-state index contributed by atoms with van der Waals surface area (Å²) in [6.07, 6.45) is 2.52. The first-order chi connectivity index (χ1) is 7.74. The molecule has 0 amide bonds. The molecule has 2 rings (SSSR count). The average molecular weight is 348 g/mol. The van der Waals surface area contributed by atoms with E-state index < -0.39 is 0 Å². The summed E-state index contributed by atoms with van der Waals surface area (Å²) in [5, 5.41) is 1.01. The molecule has 3 heteroatoms. The Labute approximate surface area is 114 Å². The molecule has 0 radical (unpaired) electrons. The van der Waals surface area contributed by atoms with Crippen LogP contribution in [0.5, 0.6) is 0 Å². The van der Waals surface area contributed by atoms with Gasteiger partial charge in [0.2, 0.25) is 0 Å². The molecule has 1 aromatic rings. The Kier molecular flexibility index (Phi) is 4.45. The van der Waals surface area contributed by atoms with Crippen LogP contribution in [0.25, 0.3) is 0 Å². The third kappa shape index (κ3) is 2.88. The number of ether oxygens (including phenoxy) is 1. The molecule has 1 saturated carbocycles. The van der Waals surface area contributed by atoms with E-state index in [4.69, 9.17) is 4.74 Å². The van der Waals surface area contributed by atoms with Crippen LogP contribution in [0, 0.1) is 5.92 Å². The number of rotatable bonds is 5. The third-order valence-electron chi connectivity index (χ3n) is 3.29. The fourth-order valence-corrected chi connectivity index (χ4v) is 3.29. The lowest BCUT2D eigenvalue weighted by Gasteiger charge is -2.44. The van der Waals surface area contributed by atoms with Crippen molar-refractivity contribution in [3.63, 3.8) is 0 Å². The Morgan fingerprint density at radius 3 is 2.62 bits per heavy atom. The van der Waals surface area contributed by atoms with Gasteiger partial charge in [-0.25, -0.2) is 0 Å². The second-order valence-corrected chi connectivity index (χ2v) is 6.54. The van der Waals surface area contributed by atoms with Gasteiger partial charge in [0.15, 0.2) is 0 Å². The molecule has 16 heavy (non-hydrogen) atoms. The summed E-state index contributed by atoms with van der Waals surface area (Å²) < 4.78 is 6.05. The van der Waals surface area contributed by atoms with Crippen LogP contribution < -0.4 is 0 Å². The van der Waals surface area contributed by atoms with E-state index in [0.717, 1.165) is 18.5 Å². The van der Waals surface area contributed by atoms with E-state index in [0.29, 0.717) is 5.92 Å². The minimum Gasteiger partial charge on any atom is -0.376 e. The Hall–Kier alpha value is 0.140. The molecule has 0 bridgehead atoms. The van der Waals surface area contributed by atoms with E-state index >= 15 is 0 Å². The Balaban J connectivity index is 1.73. The first-order valence-electron chi connectivity index (χ1n) is 5.61. The molecule has 2 atom stereocenters. The van der Waals surface area contributed by atoms with E-state index in [1.807, 2.05) is 6.07 Å². The Morgan fingerprint density at radius 2 is 2.06 bits per heavy atom. The molecule has 1 fully saturated rings. The van der Waals surface area contributed by atoms with Gasteiger partial charge in [-0.3, -0.25) is 0 Å². The van der Waals surface area contributed by atoms with Crippen LogP contribution in [0.15, 0.2) is 30.3 Å². The van der Waals surface area contributed by atoms with Crippen LogP contribution in [0.1, 0.15) is 18.4 Å². The quantitative estimate of drug-likeness (QED) is 0.727. The number of benzene rings is 1.